The van der Waals surface area contributed by atoms with Gasteiger partial charge in [-0.2, -0.15) is 0 Å². The zero-order valence-corrected chi connectivity index (χ0v) is 20.9. The Morgan fingerprint density at radius 2 is 1.92 bits per heavy atom. The van der Waals surface area contributed by atoms with Crippen molar-refractivity contribution in [3.05, 3.63) is 92.7 Å². The third kappa shape index (κ3) is 4.47. The molecule has 3 aromatic heterocycles. The minimum atomic E-state index is -0.322. The Hall–Kier alpha value is -4.40. The maximum Gasteiger partial charge on any atom is 0.256 e. The fourth-order valence-electron chi connectivity index (χ4n) is 4.54. The SMILES string of the molecule is CNC(=O)c1cccc(C(C)n2c(C)c(C(=O)NCc3c(OC)cc(C)[nH]c3=O)c3cccnc32)c1. The van der Waals surface area contributed by atoms with Crippen molar-refractivity contribution in [2.45, 2.75) is 33.4 Å². The maximum absolute atomic E-state index is 13.4. The highest BCUT2D eigenvalue weighted by Gasteiger charge is 2.24. The molecule has 0 saturated heterocycles. The van der Waals surface area contributed by atoms with Gasteiger partial charge in [0.15, 0.2) is 0 Å². The zero-order valence-electron chi connectivity index (χ0n) is 20.9. The number of aromatic nitrogens is 3. The van der Waals surface area contributed by atoms with E-state index in [1.165, 1.54) is 7.11 Å². The Bertz CT molecular complexity index is 1520. The second-order valence-electron chi connectivity index (χ2n) is 8.60. The van der Waals surface area contributed by atoms with Crippen LogP contribution < -0.4 is 20.9 Å². The molecule has 2 amide bonds. The minimum absolute atomic E-state index is 0.00766. The van der Waals surface area contributed by atoms with Gasteiger partial charge in [0.05, 0.1) is 30.8 Å². The van der Waals surface area contributed by atoms with Crippen LogP contribution in [0.3, 0.4) is 0 Å². The van der Waals surface area contributed by atoms with Crippen LogP contribution >= 0.6 is 0 Å². The summed E-state index contributed by atoms with van der Waals surface area (Å²) in [6.45, 7) is 5.65. The van der Waals surface area contributed by atoms with E-state index in [9.17, 15) is 14.4 Å². The Labute approximate surface area is 208 Å². The average Bonchev–Trinajstić information content (AvgIpc) is 3.18. The van der Waals surface area contributed by atoms with Crippen LogP contribution in [0.25, 0.3) is 11.0 Å². The molecule has 0 aliphatic heterocycles. The van der Waals surface area contributed by atoms with Gasteiger partial charge in [-0.15, -0.1) is 0 Å². The van der Waals surface area contributed by atoms with Crippen molar-refractivity contribution in [3.63, 3.8) is 0 Å². The summed E-state index contributed by atoms with van der Waals surface area (Å²) in [5.41, 5.74) is 4.03. The van der Waals surface area contributed by atoms with E-state index in [4.69, 9.17) is 4.74 Å². The van der Waals surface area contributed by atoms with Crippen LogP contribution in [0.15, 0.2) is 53.5 Å². The number of methoxy groups -OCH3 is 1. The van der Waals surface area contributed by atoms with Gasteiger partial charge in [0.1, 0.15) is 11.4 Å². The first-order valence-electron chi connectivity index (χ1n) is 11.6. The van der Waals surface area contributed by atoms with Crippen LogP contribution in [0.5, 0.6) is 5.75 Å². The Kier molecular flexibility index (Phi) is 6.91. The number of hydrogen-bond donors (Lipinski definition) is 3. The second kappa shape index (κ2) is 10.1. The summed E-state index contributed by atoms with van der Waals surface area (Å²) < 4.78 is 7.34. The van der Waals surface area contributed by atoms with Gasteiger partial charge in [0.2, 0.25) is 0 Å². The lowest BCUT2D eigenvalue weighted by molar-refractivity contribution is 0.0947. The third-order valence-electron chi connectivity index (χ3n) is 6.36. The standard InChI is InChI=1S/C27H29N5O4/c1-15-12-22(36-5)21(26(34)31-15)14-30-27(35)23-17(3)32(24-20(23)10-7-11-29-24)16(2)18-8-6-9-19(13-18)25(33)28-4/h6-13,16H,14H2,1-5H3,(H,28,33)(H,30,35)(H,31,34). The number of carbonyl (C=O) groups excluding carboxylic acids is 2. The van der Waals surface area contributed by atoms with Crippen LogP contribution in [0.1, 0.15) is 56.2 Å². The molecule has 9 nitrogen and oxygen atoms in total. The number of fused-ring (bicyclic) bond motifs is 1. The lowest BCUT2D eigenvalue weighted by Crippen LogP contribution is -2.28. The molecule has 1 atom stereocenters. The Morgan fingerprint density at radius 3 is 2.64 bits per heavy atom. The van der Waals surface area contributed by atoms with E-state index in [-0.39, 0.29) is 30.0 Å². The normalized spacial score (nSPS) is 11.8. The monoisotopic (exact) mass is 487 g/mol. The van der Waals surface area contributed by atoms with Gasteiger partial charge >= 0.3 is 0 Å². The number of aryl methyl sites for hydroxylation is 1. The van der Waals surface area contributed by atoms with Crippen LogP contribution in [0.2, 0.25) is 0 Å². The van der Waals surface area contributed by atoms with E-state index < -0.39 is 0 Å². The summed E-state index contributed by atoms with van der Waals surface area (Å²) in [5.74, 6) is -0.0718. The van der Waals surface area contributed by atoms with E-state index in [0.29, 0.717) is 39.2 Å². The van der Waals surface area contributed by atoms with Crippen LogP contribution in [0, 0.1) is 13.8 Å². The first kappa shape index (κ1) is 24.7. The highest BCUT2D eigenvalue weighted by Crippen LogP contribution is 2.31. The average molecular weight is 488 g/mol. The van der Waals surface area contributed by atoms with Crippen LogP contribution in [-0.4, -0.2) is 40.5 Å². The van der Waals surface area contributed by atoms with Gasteiger partial charge in [0.25, 0.3) is 17.4 Å². The van der Waals surface area contributed by atoms with Gasteiger partial charge in [-0.05, 0) is 56.7 Å². The van der Waals surface area contributed by atoms with Crippen molar-refractivity contribution < 1.29 is 14.3 Å². The number of benzene rings is 1. The molecule has 0 aliphatic rings. The van der Waals surface area contributed by atoms with Gasteiger partial charge in [-0.25, -0.2) is 4.98 Å². The predicted molar refractivity (Wildman–Crippen MR) is 138 cm³/mol. The largest absolute Gasteiger partial charge is 0.496 e. The molecule has 4 aromatic rings. The molecule has 0 radical (unpaired) electrons. The predicted octanol–water partition coefficient (Wildman–Crippen LogP) is 3.25. The molecule has 36 heavy (non-hydrogen) atoms. The number of aromatic amines is 1. The molecule has 0 aliphatic carbocycles. The van der Waals surface area contributed by atoms with Gasteiger partial charge in [0, 0.05) is 35.6 Å². The lowest BCUT2D eigenvalue weighted by Gasteiger charge is -2.18. The number of ether oxygens (including phenoxy) is 1. The number of hydrogen-bond acceptors (Lipinski definition) is 5. The number of amides is 2. The van der Waals surface area contributed by atoms with Crippen molar-refractivity contribution in [3.8, 4) is 5.75 Å². The molecule has 1 aromatic carbocycles. The first-order valence-corrected chi connectivity index (χ1v) is 11.6. The summed E-state index contributed by atoms with van der Waals surface area (Å²) >= 11 is 0. The summed E-state index contributed by atoms with van der Waals surface area (Å²) in [7, 11) is 3.08. The number of nitrogens with one attached hydrogen (secondary N) is 3. The van der Waals surface area contributed by atoms with E-state index >= 15 is 0 Å². The molecule has 0 saturated carbocycles. The van der Waals surface area contributed by atoms with Crippen LogP contribution in [0.4, 0.5) is 0 Å². The van der Waals surface area contributed by atoms with E-state index in [1.807, 2.05) is 42.7 Å². The highest BCUT2D eigenvalue weighted by atomic mass is 16.5. The van der Waals surface area contributed by atoms with Crippen molar-refractivity contribution in [2.24, 2.45) is 0 Å². The number of carbonyl (C=O) groups is 2. The van der Waals surface area contributed by atoms with Crippen LogP contribution in [-0.2, 0) is 6.54 Å². The van der Waals surface area contributed by atoms with Gasteiger partial charge < -0.3 is 24.9 Å². The molecule has 3 heterocycles. The molecular weight excluding hydrogens is 458 g/mol. The molecule has 0 bridgehead atoms. The summed E-state index contributed by atoms with van der Waals surface area (Å²) in [5, 5.41) is 6.22. The van der Waals surface area contributed by atoms with Crippen molar-refractivity contribution in [2.75, 3.05) is 14.2 Å². The fourth-order valence-corrected chi connectivity index (χ4v) is 4.54. The van der Waals surface area contributed by atoms with Gasteiger partial charge in [-0.3, -0.25) is 14.4 Å². The lowest BCUT2D eigenvalue weighted by atomic mass is 10.0. The Balaban J connectivity index is 1.72. The van der Waals surface area contributed by atoms with E-state index in [0.717, 1.165) is 11.3 Å². The van der Waals surface area contributed by atoms with E-state index in [2.05, 4.69) is 20.6 Å². The fraction of sp³-hybridized carbons (Fsp3) is 0.259. The molecule has 9 heteroatoms. The Morgan fingerprint density at radius 1 is 1.14 bits per heavy atom. The number of rotatable bonds is 7. The molecule has 186 valence electrons. The highest BCUT2D eigenvalue weighted by molar-refractivity contribution is 6.07. The topological polar surface area (TPSA) is 118 Å². The number of nitrogens with zero attached hydrogens (tertiary/aromatic N) is 2. The summed E-state index contributed by atoms with van der Waals surface area (Å²) in [6, 6.07) is 12.5. The van der Waals surface area contributed by atoms with E-state index in [1.54, 1.807) is 38.4 Å². The minimum Gasteiger partial charge on any atom is -0.496 e. The summed E-state index contributed by atoms with van der Waals surface area (Å²) in [4.78, 5) is 45.4. The third-order valence-corrected chi connectivity index (χ3v) is 6.36. The number of pyridine rings is 2. The second-order valence-corrected chi connectivity index (χ2v) is 8.60. The number of H-pyrrole nitrogens is 1. The smallest absolute Gasteiger partial charge is 0.256 e. The molecule has 1 unspecified atom stereocenters. The van der Waals surface area contributed by atoms with Crippen molar-refractivity contribution in [1.82, 2.24) is 25.2 Å². The molecule has 0 fully saturated rings. The van der Waals surface area contributed by atoms with Crippen molar-refractivity contribution in [1.29, 1.82) is 0 Å². The molecule has 0 spiro atoms. The zero-order chi connectivity index (χ0) is 26.0. The molecule has 4 rings (SSSR count). The molecular formula is C27H29N5O4. The first-order chi connectivity index (χ1) is 17.3. The van der Waals surface area contributed by atoms with Gasteiger partial charge in [-0.1, -0.05) is 12.1 Å². The quantitative estimate of drug-likeness (QED) is 0.370. The summed E-state index contributed by atoms with van der Waals surface area (Å²) in [6.07, 6.45) is 1.68. The maximum atomic E-state index is 13.4. The van der Waals surface area contributed by atoms with Crippen molar-refractivity contribution >= 4 is 22.8 Å². The molecule has 3 N–H and O–H groups in total.